The molecule has 0 amide bonds. The third-order valence-electron chi connectivity index (χ3n) is 4.10. The van der Waals surface area contributed by atoms with Crippen LogP contribution in [0, 0.1) is 5.92 Å². The summed E-state index contributed by atoms with van der Waals surface area (Å²) in [5, 5.41) is 5.26. The van der Waals surface area contributed by atoms with Crippen molar-refractivity contribution in [1.29, 1.82) is 0 Å². The smallest absolute Gasteiger partial charge is 0.134 e. The summed E-state index contributed by atoms with van der Waals surface area (Å²) >= 11 is 8.11. The Bertz CT molecular complexity index is 577. The molecule has 1 atom stereocenters. The van der Waals surface area contributed by atoms with Gasteiger partial charge in [-0.2, -0.15) is 11.8 Å². The molecule has 1 unspecified atom stereocenters. The second-order valence-corrected chi connectivity index (χ2v) is 7.12. The van der Waals surface area contributed by atoms with Crippen molar-refractivity contribution < 1.29 is 4.42 Å². The Kier molecular flexibility index (Phi) is 4.59. The quantitative estimate of drug-likeness (QED) is 0.871. The molecule has 0 bridgehead atoms. The molecule has 4 heteroatoms. The molecule has 1 aromatic heterocycles. The third kappa shape index (κ3) is 3.16. The van der Waals surface area contributed by atoms with E-state index in [1.165, 1.54) is 24.3 Å². The minimum Gasteiger partial charge on any atom is -0.459 e. The van der Waals surface area contributed by atoms with E-state index in [2.05, 4.69) is 23.1 Å². The number of thioether (sulfide) groups is 1. The van der Waals surface area contributed by atoms with Gasteiger partial charge in [0.05, 0.1) is 6.04 Å². The molecule has 0 aliphatic carbocycles. The van der Waals surface area contributed by atoms with Gasteiger partial charge in [-0.15, -0.1) is 0 Å². The van der Waals surface area contributed by atoms with Crippen molar-refractivity contribution in [2.24, 2.45) is 5.92 Å². The van der Waals surface area contributed by atoms with Gasteiger partial charge in [0, 0.05) is 10.4 Å². The minimum absolute atomic E-state index is 0.300. The summed E-state index contributed by atoms with van der Waals surface area (Å²) < 4.78 is 5.99. The number of furan rings is 1. The highest BCUT2D eigenvalue weighted by molar-refractivity contribution is 7.99. The summed E-state index contributed by atoms with van der Waals surface area (Å²) in [6.45, 7) is 0. The Morgan fingerprint density at radius 3 is 2.90 bits per heavy atom. The average molecular weight is 310 g/mol. The maximum absolute atomic E-state index is 6.04. The van der Waals surface area contributed by atoms with Crippen molar-refractivity contribution in [3.8, 4) is 0 Å². The molecule has 1 aliphatic rings. The predicted octanol–water partition coefficient (Wildman–Crippen LogP) is 4.88. The molecule has 0 saturated carbocycles. The fourth-order valence-corrected chi connectivity index (χ4v) is 4.28. The maximum atomic E-state index is 6.04. The lowest BCUT2D eigenvalue weighted by Crippen LogP contribution is -2.21. The minimum atomic E-state index is 0.300. The Balaban J connectivity index is 1.79. The van der Waals surface area contributed by atoms with E-state index in [-0.39, 0.29) is 0 Å². The molecular formula is C16H20ClNOS. The Labute approximate surface area is 129 Å². The number of fused-ring (bicyclic) bond motifs is 1. The van der Waals surface area contributed by atoms with E-state index in [1.54, 1.807) is 0 Å². The fraction of sp³-hybridized carbons (Fsp3) is 0.500. The number of rotatable bonds is 4. The van der Waals surface area contributed by atoms with Crippen LogP contribution in [0.4, 0.5) is 0 Å². The normalized spacial score (nSPS) is 18.5. The molecule has 1 fully saturated rings. The molecule has 2 heterocycles. The van der Waals surface area contributed by atoms with E-state index < -0.39 is 0 Å². The highest BCUT2D eigenvalue weighted by atomic mass is 35.5. The van der Waals surface area contributed by atoms with Gasteiger partial charge in [-0.25, -0.2) is 0 Å². The van der Waals surface area contributed by atoms with Gasteiger partial charge in [0.1, 0.15) is 11.3 Å². The first kappa shape index (κ1) is 14.3. The van der Waals surface area contributed by atoms with E-state index in [0.29, 0.717) is 6.04 Å². The molecule has 20 heavy (non-hydrogen) atoms. The summed E-state index contributed by atoms with van der Waals surface area (Å²) in [4.78, 5) is 0. The summed E-state index contributed by atoms with van der Waals surface area (Å²) in [6, 6.07) is 8.22. The van der Waals surface area contributed by atoms with Crippen LogP contribution in [0.25, 0.3) is 11.0 Å². The summed E-state index contributed by atoms with van der Waals surface area (Å²) in [7, 11) is 2.02. The van der Waals surface area contributed by atoms with Gasteiger partial charge in [0.2, 0.25) is 0 Å². The van der Waals surface area contributed by atoms with Crippen LogP contribution < -0.4 is 5.32 Å². The first-order chi connectivity index (χ1) is 9.76. The van der Waals surface area contributed by atoms with Crippen LogP contribution in [-0.4, -0.2) is 18.6 Å². The number of hydrogen-bond donors (Lipinski definition) is 1. The lowest BCUT2D eigenvalue weighted by molar-refractivity contribution is 0.347. The SMILES string of the molecule is CNC(CC1CCSCC1)c1cc2cc(Cl)ccc2o1. The van der Waals surface area contributed by atoms with Crippen molar-refractivity contribution in [1.82, 2.24) is 5.32 Å². The first-order valence-electron chi connectivity index (χ1n) is 7.20. The van der Waals surface area contributed by atoms with Crippen LogP contribution in [0.3, 0.4) is 0 Å². The zero-order valence-electron chi connectivity index (χ0n) is 11.7. The van der Waals surface area contributed by atoms with Gasteiger partial charge in [-0.3, -0.25) is 0 Å². The van der Waals surface area contributed by atoms with Crippen molar-refractivity contribution in [3.63, 3.8) is 0 Å². The zero-order valence-corrected chi connectivity index (χ0v) is 13.3. The van der Waals surface area contributed by atoms with Crippen molar-refractivity contribution in [3.05, 3.63) is 35.0 Å². The molecule has 1 aromatic carbocycles. The molecule has 1 saturated heterocycles. The van der Waals surface area contributed by atoms with Gasteiger partial charge in [0.15, 0.2) is 0 Å². The van der Waals surface area contributed by atoms with Crippen LogP contribution in [0.2, 0.25) is 5.02 Å². The van der Waals surface area contributed by atoms with Crippen LogP contribution in [0.5, 0.6) is 0 Å². The van der Waals surface area contributed by atoms with E-state index in [4.69, 9.17) is 16.0 Å². The monoisotopic (exact) mass is 309 g/mol. The third-order valence-corrected chi connectivity index (χ3v) is 5.38. The average Bonchev–Trinajstić information content (AvgIpc) is 2.88. The molecule has 1 aliphatic heterocycles. The van der Waals surface area contributed by atoms with Crippen molar-refractivity contribution >= 4 is 34.3 Å². The summed E-state index contributed by atoms with van der Waals surface area (Å²) in [6.07, 6.45) is 3.81. The molecule has 2 aromatic rings. The van der Waals surface area contributed by atoms with Gasteiger partial charge < -0.3 is 9.73 Å². The molecule has 2 nitrogen and oxygen atoms in total. The predicted molar refractivity (Wildman–Crippen MR) is 87.7 cm³/mol. The molecule has 0 radical (unpaired) electrons. The Morgan fingerprint density at radius 1 is 1.35 bits per heavy atom. The van der Waals surface area contributed by atoms with Crippen molar-refractivity contribution in [2.75, 3.05) is 18.6 Å². The van der Waals surface area contributed by atoms with Gasteiger partial charge in [0.25, 0.3) is 0 Å². The van der Waals surface area contributed by atoms with Crippen LogP contribution in [0.1, 0.15) is 31.1 Å². The zero-order chi connectivity index (χ0) is 13.9. The van der Waals surface area contributed by atoms with Crippen LogP contribution in [0.15, 0.2) is 28.7 Å². The maximum Gasteiger partial charge on any atom is 0.134 e. The van der Waals surface area contributed by atoms with Crippen LogP contribution in [-0.2, 0) is 0 Å². The lowest BCUT2D eigenvalue weighted by Gasteiger charge is -2.25. The number of hydrogen-bond acceptors (Lipinski definition) is 3. The number of benzene rings is 1. The van der Waals surface area contributed by atoms with Gasteiger partial charge >= 0.3 is 0 Å². The van der Waals surface area contributed by atoms with Gasteiger partial charge in [-0.05, 0) is 68.0 Å². The lowest BCUT2D eigenvalue weighted by atomic mass is 9.93. The Morgan fingerprint density at radius 2 is 2.15 bits per heavy atom. The van der Waals surface area contributed by atoms with Crippen LogP contribution >= 0.6 is 23.4 Å². The van der Waals surface area contributed by atoms with E-state index >= 15 is 0 Å². The number of halogens is 1. The molecule has 0 spiro atoms. The highest BCUT2D eigenvalue weighted by Gasteiger charge is 2.21. The standard InChI is InChI=1S/C16H20ClNOS/c1-18-14(8-11-4-6-20-7-5-11)16-10-12-9-13(17)2-3-15(12)19-16/h2-3,9-11,14,18H,4-8H2,1H3. The van der Waals surface area contributed by atoms with Crippen molar-refractivity contribution in [2.45, 2.75) is 25.3 Å². The second-order valence-electron chi connectivity index (χ2n) is 5.46. The van der Waals surface area contributed by atoms with E-state index in [9.17, 15) is 0 Å². The largest absolute Gasteiger partial charge is 0.459 e. The summed E-state index contributed by atoms with van der Waals surface area (Å²) in [5.74, 6) is 4.45. The molecular weight excluding hydrogens is 290 g/mol. The highest BCUT2D eigenvalue weighted by Crippen LogP contribution is 2.33. The topological polar surface area (TPSA) is 25.2 Å². The van der Waals surface area contributed by atoms with Gasteiger partial charge in [-0.1, -0.05) is 11.6 Å². The molecule has 108 valence electrons. The van der Waals surface area contributed by atoms with E-state index in [0.717, 1.165) is 34.1 Å². The molecule has 1 N–H and O–H groups in total. The first-order valence-corrected chi connectivity index (χ1v) is 8.73. The summed E-state index contributed by atoms with van der Waals surface area (Å²) in [5.41, 5.74) is 0.920. The number of nitrogens with one attached hydrogen (secondary N) is 1. The molecule has 3 rings (SSSR count). The van der Waals surface area contributed by atoms with E-state index in [1.807, 2.05) is 25.2 Å². The fourth-order valence-electron chi connectivity index (χ4n) is 2.90. The Hall–Kier alpha value is -0.640. The second kappa shape index (κ2) is 6.42.